The lowest BCUT2D eigenvalue weighted by Crippen LogP contribution is -2.43. The number of amides is 1. The number of aromatic nitrogens is 1. The Morgan fingerprint density at radius 1 is 1.37 bits per heavy atom. The highest BCUT2D eigenvalue weighted by Gasteiger charge is 2.38. The second-order valence-electron chi connectivity index (χ2n) is 6.26. The van der Waals surface area contributed by atoms with Gasteiger partial charge in [0.15, 0.2) is 9.50 Å². The molecule has 12 heteroatoms. The van der Waals surface area contributed by atoms with E-state index in [1.807, 2.05) is 0 Å². The number of hydrogen-bond donors (Lipinski definition) is 0. The van der Waals surface area contributed by atoms with Crippen molar-refractivity contribution < 1.29 is 19.4 Å². The van der Waals surface area contributed by atoms with Crippen molar-refractivity contribution in [3.63, 3.8) is 0 Å². The molecule has 1 aliphatic heterocycles. The van der Waals surface area contributed by atoms with Crippen LogP contribution in [0.3, 0.4) is 0 Å². The van der Waals surface area contributed by atoms with Gasteiger partial charge in [-0.2, -0.15) is 0 Å². The second kappa shape index (κ2) is 8.61. The van der Waals surface area contributed by atoms with Crippen molar-refractivity contribution in [2.45, 2.75) is 44.8 Å². The number of nitro groups is 1. The number of esters is 1. The summed E-state index contributed by atoms with van der Waals surface area (Å²) in [5.74, 6) is -2.12. The van der Waals surface area contributed by atoms with Gasteiger partial charge in [0.1, 0.15) is 11.2 Å². The molecular formula is C15H18ClN5O5S. The van der Waals surface area contributed by atoms with Gasteiger partial charge in [-0.05, 0) is 25.7 Å². The van der Waals surface area contributed by atoms with Gasteiger partial charge in [0.2, 0.25) is 0 Å². The number of carbonyl (C=O) groups is 2. The first-order valence-electron chi connectivity index (χ1n) is 8.54. The van der Waals surface area contributed by atoms with Crippen molar-refractivity contribution in [1.82, 2.24) is 14.8 Å². The molecule has 2 heterocycles. The number of nitrogens with zero attached hydrogens (tertiary/aromatic N) is 5. The lowest BCUT2D eigenvalue weighted by molar-refractivity contribution is -0.486. The maximum Gasteiger partial charge on any atom is 0.397 e. The molecule has 1 aromatic rings. The van der Waals surface area contributed by atoms with Crippen LogP contribution in [0.1, 0.15) is 37.0 Å². The van der Waals surface area contributed by atoms with Crippen molar-refractivity contribution in [3.8, 4) is 0 Å². The van der Waals surface area contributed by atoms with Crippen LogP contribution < -0.4 is 0 Å². The fourth-order valence-electron chi connectivity index (χ4n) is 3.16. The molecule has 1 saturated heterocycles. The van der Waals surface area contributed by atoms with Gasteiger partial charge >= 0.3 is 11.9 Å². The summed E-state index contributed by atoms with van der Waals surface area (Å²) in [6, 6.07) is 0. The van der Waals surface area contributed by atoms with Gasteiger partial charge in [-0.1, -0.05) is 18.0 Å². The van der Waals surface area contributed by atoms with Crippen LogP contribution in [0.4, 0.5) is 0 Å². The van der Waals surface area contributed by atoms with Crippen LogP contribution in [0.5, 0.6) is 0 Å². The molecule has 0 unspecified atom stereocenters. The number of hydrogen-bond acceptors (Lipinski definition) is 7. The van der Waals surface area contributed by atoms with Crippen molar-refractivity contribution in [1.29, 1.82) is 0 Å². The smallest absolute Gasteiger partial charge is 0.397 e. The van der Waals surface area contributed by atoms with Crippen molar-refractivity contribution in [2.75, 3.05) is 13.1 Å². The van der Waals surface area contributed by atoms with Crippen LogP contribution in [0, 0.1) is 10.1 Å². The Morgan fingerprint density at radius 2 is 2.11 bits per heavy atom. The number of guanidine groups is 1. The van der Waals surface area contributed by atoms with Crippen molar-refractivity contribution in [3.05, 3.63) is 25.7 Å². The summed E-state index contributed by atoms with van der Waals surface area (Å²) in [6.07, 6.45) is 5.73. The van der Waals surface area contributed by atoms with Gasteiger partial charge in [-0.3, -0.25) is 9.69 Å². The Balaban J connectivity index is 1.70. The van der Waals surface area contributed by atoms with E-state index in [2.05, 4.69) is 10.1 Å². The van der Waals surface area contributed by atoms with Crippen molar-refractivity contribution >= 4 is 40.8 Å². The third-order valence-electron chi connectivity index (χ3n) is 4.41. The summed E-state index contributed by atoms with van der Waals surface area (Å²) in [7, 11) is 0. The predicted molar refractivity (Wildman–Crippen MR) is 96.6 cm³/mol. The van der Waals surface area contributed by atoms with Crippen LogP contribution in [0.2, 0.25) is 4.47 Å². The molecule has 1 saturated carbocycles. The monoisotopic (exact) mass is 415 g/mol. The number of halogens is 1. The lowest BCUT2D eigenvalue weighted by Gasteiger charge is -2.23. The van der Waals surface area contributed by atoms with Crippen LogP contribution in [0.25, 0.3) is 0 Å². The molecule has 1 aliphatic carbocycles. The minimum atomic E-state index is -0.999. The normalized spacial score (nSPS) is 19.5. The van der Waals surface area contributed by atoms with Crippen LogP contribution in [0.15, 0.2) is 11.3 Å². The zero-order valence-electron chi connectivity index (χ0n) is 14.4. The van der Waals surface area contributed by atoms with Gasteiger partial charge in [-0.25, -0.2) is 19.9 Å². The van der Waals surface area contributed by atoms with Gasteiger partial charge in [0, 0.05) is 24.2 Å². The van der Waals surface area contributed by atoms with Gasteiger partial charge in [0.05, 0.1) is 6.54 Å². The molecule has 0 spiro atoms. The topological polar surface area (TPSA) is 118 Å². The standard InChI is InChI=1S/C15H18ClN5O5S/c16-14-17-8-11(27-14)9-19-6-7-20(15(19)18-21(24)25)12(22)13(23)26-10-4-2-1-3-5-10/h8,10H,1-7,9H2/b18-15-. The summed E-state index contributed by atoms with van der Waals surface area (Å²) >= 11 is 7.03. The number of carbonyl (C=O) groups excluding carboxylic acids is 2. The summed E-state index contributed by atoms with van der Waals surface area (Å²) in [5, 5.41) is 13.3. The van der Waals surface area contributed by atoms with Crippen LogP contribution in [-0.2, 0) is 20.9 Å². The fraction of sp³-hybridized carbons (Fsp3) is 0.600. The summed E-state index contributed by atoms with van der Waals surface area (Å²) in [6.45, 7) is 0.654. The number of thiazole rings is 1. The minimum Gasteiger partial charge on any atom is -0.455 e. The van der Waals surface area contributed by atoms with Gasteiger partial charge in [-0.15, -0.1) is 11.3 Å². The average Bonchev–Trinajstić information content (AvgIpc) is 3.21. The maximum absolute atomic E-state index is 12.5. The van der Waals surface area contributed by atoms with Crippen LogP contribution >= 0.6 is 22.9 Å². The second-order valence-corrected chi connectivity index (χ2v) is 7.96. The fourth-order valence-corrected chi connectivity index (χ4v) is 4.16. The third kappa shape index (κ3) is 4.92. The Kier molecular flexibility index (Phi) is 6.22. The highest BCUT2D eigenvalue weighted by molar-refractivity contribution is 7.15. The van der Waals surface area contributed by atoms with Gasteiger partial charge in [0.25, 0.3) is 5.96 Å². The number of rotatable bonds is 4. The average molecular weight is 416 g/mol. The predicted octanol–water partition coefficient (Wildman–Crippen LogP) is 1.86. The van der Waals surface area contributed by atoms with E-state index in [-0.39, 0.29) is 25.2 Å². The molecule has 146 valence electrons. The zero-order chi connectivity index (χ0) is 19.4. The van der Waals surface area contributed by atoms with Gasteiger partial charge < -0.3 is 9.64 Å². The summed E-state index contributed by atoms with van der Waals surface area (Å²) < 4.78 is 5.62. The van der Waals surface area contributed by atoms with Crippen molar-refractivity contribution in [2.24, 2.45) is 5.10 Å². The Hall–Kier alpha value is -2.27. The van der Waals surface area contributed by atoms with E-state index in [0.29, 0.717) is 11.0 Å². The molecule has 2 fully saturated rings. The molecule has 0 N–H and O–H groups in total. The SMILES string of the molecule is O=C(OC1CCCCC1)C(=O)N1CCN(Cc2cnc(Cl)s2)/C1=N/[N+](=O)[O-]. The van der Waals surface area contributed by atoms with E-state index in [1.165, 1.54) is 11.3 Å². The van der Waals surface area contributed by atoms with E-state index >= 15 is 0 Å². The quantitative estimate of drug-likeness (QED) is 0.318. The number of ether oxygens (including phenoxy) is 1. The van der Waals surface area contributed by atoms with E-state index in [0.717, 1.165) is 41.9 Å². The van der Waals surface area contributed by atoms with E-state index < -0.39 is 16.9 Å². The number of hydrazone groups is 1. The van der Waals surface area contributed by atoms with Crippen LogP contribution in [-0.4, -0.2) is 56.8 Å². The highest BCUT2D eigenvalue weighted by Crippen LogP contribution is 2.23. The third-order valence-corrected chi connectivity index (χ3v) is 5.51. The molecule has 2 aliphatic rings. The Bertz CT molecular complexity index is 764. The molecule has 1 aromatic heterocycles. The Labute approximate surface area is 163 Å². The highest BCUT2D eigenvalue weighted by atomic mass is 35.5. The minimum absolute atomic E-state index is 0.109. The molecule has 0 aromatic carbocycles. The lowest BCUT2D eigenvalue weighted by atomic mass is 9.98. The van der Waals surface area contributed by atoms with E-state index in [9.17, 15) is 19.7 Å². The first kappa shape index (κ1) is 19.5. The first-order valence-corrected chi connectivity index (χ1v) is 9.74. The molecular weight excluding hydrogens is 398 g/mol. The largest absolute Gasteiger partial charge is 0.455 e. The molecule has 3 rings (SSSR count). The maximum atomic E-state index is 12.5. The summed E-state index contributed by atoms with van der Waals surface area (Å²) in [4.78, 5) is 42.9. The Morgan fingerprint density at radius 3 is 2.74 bits per heavy atom. The molecule has 10 nitrogen and oxygen atoms in total. The zero-order valence-corrected chi connectivity index (χ0v) is 15.9. The summed E-state index contributed by atoms with van der Waals surface area (Å²) in [5.41, 5.74) is 0. The first-order chi connectivity index (χ1) is 12.9. The molecule has 0 bridgehead atoms. The van der Waals surface area contributed by atoms with E-state index in [4.69, 9.17) is 16.3 Å². The van der Waals surface area contributed by atoms with E-state index in [1.54, 1.807) is 11.1 Å². The molecule has 27 heavy (non-hydrogen) atoms. The molecule has 0 radical (unpaired) electrons. The molecule has 1 amide bonds. The molecule has 0 atom stereocenters.